The molecule has 3 aromatic heterocycles. The van der Waals surface area contributed by atoms with Crippen LogP contribution in [0, 0.1) is 0 Å². The van der Waals surface area contributed by atoms with Crippen molar-refractivity contribution < 1.29 is 13.9 Å². The number of benzene rings is 1. The van der Waals surface area contributed by atoms with Gasteiger partial charge in [0.15, 0.2) is 17.0 Å². The van der Waals surface area contributed by atoms with E-state index in [2.05, 4.69) is 30.7 Å². The normalized spacial score (nSPS) is 14.2. The third-order valence-electron chi connectivity index (χ3n) is 6.17. The lowest BCUT2D eigenvalue weighted by molar-refractivity contribution is 0.0382. The number of carbonyl (C=O) groups is 1. The van der Waals surface area contributed by atoms with Crippen LogP contribution in [-0.4, -0.2) is 69.9 Å². The summed E-state index contributed by atoms with van der Waals surface area (Å²) in [6, 6.07) is 12.1. The first-order chi connectivity index (χ1) is 18.0. The summed E-state index contributed by atoms with van der Waals surface area (Å²) in [4.78, 5) is 32.6. The Morgan fingerprint density at radius 3 is 2.76 bits per heavy atom. The molecule has 1 amide bonds. The predicted molar refractivity (Wildman–Crippen MR) is 139 cm³/mol. The van der Waals surface area contributed by atoms with Crippen molar-refractivity contribution in [1.82, 2.24) is 30.0 Å². The molecule has 2 N–H and O–H groups in total. The lowest BCUT2D eigenvalue weighted by atomic mass is 10.1. The number of carbonyl (C=O) groups excluding carboxylic acids is 1. The molecule has 1 aromatic carbocycles. The highest BCUT2D eigenvalue weighted by Gasteiger charge is 2.17. The van der Waals surface area contributed by atoms with Crippen LogP contribution in [0.25, 0.3) is 22.5 Å². The van der Waals surface area contributed by atoms with Gasteiger partial charge in [-0.1, -0.05) is 12.1 Å². The number of rotatable bonds is 8. The molecule has 0 radical (unpaired) electrons. The van der Waals surface area contributed by atoms with Crippen molar-refractivity contribution in [3.05, 3.63) is 64.8 Å². The number of morpholine rings is 1. The van der Waals surface area contributed by atoms with E-state index in [1.54, 1.807) is 30.6 Å². The second-order valence-electron chi connectivity index (χ2n) is 9.05. The van der Waals surface area contributed by atoms with E-state index in [4.69, 9.17) is 9.15 Å². The fourth-order valence-corrected chi connectivity index (χ4v) is 4.24. The second kappa shape index (κ2) is 10.9. The lowest BCUT2D eigenvalue weighted by Crippen LogP contribution is -2.41. The molecule has 5 rings (SSSR count). The first-order valence-corrected chi connectivity index (χ1v) is 12.3. The Hall–Kier alpha value is -4.09. The minimum absolute atomic E-state index is 0.0234. The topological polar surface area (TPSA) is 127 Å². The maximum Gasteiger partial charge on any atom is 0.287 e. The number of fused-ring (bicyclic) bond motifs is 1. The third kappa shape index (κ3) is 5.52. The van der Waals surface area contributed by atoms with Crippen LogP contribution < -0.4 is 16.1 Å². The standard InChI is InChI=1S/C26H29N7O4/c1-17(2)33-16-28-31-25(33)19-6-4-8-23(30-19)29-18-5-3-7-21-24(18)20(34)15-22(37-21)26(35)27-9-10-32-11-13-36-14-12-32/h3-8,15-17H,9-14H2,1-2H3,(H,27,35)(H,29,30). The average molecular weight is 504 g/mol. The van der Waals surface area contributed by atoms with Gasteiger partial charge in [-0.3, -0.25) is 14.5 Å². The van der Waals surface area contributed by atoms with E-state index in [1.807, 2.05) is 30.5 Å². The van der Waals surface area contributed by atoms with Crippen LogP contribution >= 0.6 is 0 Å². The van der Waals surface area contributed by atoms with Gasteiger partial charge in [-0.25, -0.2) is 4.98 Å². The Morgan fingerprint density at radius 2 is 1.95 bits per heavy atom. The number of aromatic nitrogens is 4. The van der Waals surface area contributed by atoms with Gasteiger partial charge in [0.25, 0.3) is 5.91 Å². The molecule has 0 atom stereocenters. The number of ether oxygens (including phenoxy) is 1. The third-order valence-corrected chi connectivity index (χ3v) is 6.17. The van der Waals surface area contributed by atoms with Gasteiger partial charge in [-0.15, -0.1) is 10.2 Å². The molecule has 1 fully saturated rings. The number of hydrogen-bond donors (Lipinski definition) is 2. The van der Waals surface area contributed by atoms with Crippen molar-refractivity contribution in [3.63, 3.8) is 0 Å². The number of hydrogen-bond acceptors (Lipinski definition) is 9. The summed E-state index contributed by atoms with van der Waals surface area (Å²) < 4.78 is 13.1. The highest BCUT2D eigenvalue weighted by atomic mass is 16.5. The maximum absolute atomic E-state index is 13.1. The van der Waals surface area contributed by atoms with Crippen LogP contribution in [0.1, 0.15) is 30.4 Å². The molecule has 1 saturated heterocycles. The number of anilines is 2. The zero-order chi connectivity index (χ0) is 25.8. The van der Waals surface area contributed by atoms with Gasteiger partial charge >= 0.3 is 0 Å². The Morgan fingerprint density at radius 1 is 1.14 bits per heavy atom. The monoisotopic (exact) mass is 503 g/mol. The number of nitrogens with zero attached hydrogens (tertiary/aromatic N) is 5. The summed E-state index contributed by atoms with van der Waals surface area (Å²) in [5.41, 5.74) is 1.17. The molecular weight excluding hydrogens is 474 g/mol. The molecule has 0 unspecified atom stereocenters. The smallest absolute Gasteiger partial charge is 0.287 e. The van der Waals surface area contributed by atoms with E-state index in [0.717, 1.165) is 13.1 Å². The van der Waals surface area contributed by atoms with Crippen LogP contribution in [0.5, 0.6) is 0 Å². The summed E-state index contributed by atoms with van der Waals surface area (Å²) in [6.07, 6.45) is 1.67. The molecule has 0 aliphatic carbocycles. The van der Waals surface area contributed by atoms with Crippen LogP contribution in [0.15, 0.2) is 58.0 Å². The van der Waals surface area contributed by atoms with Gasteiger partial charge in [0.1, 0.15) is 23.4 Å². The van der Waals surface area contributed by atoms with Gasteiger partial charge in [-0.2, -0.15) is 0 Å². The minimum Gasteiger partial charge on any atom is -0.451 e. The molecule has 0 spiro atoms. The summed E-state index contributed by atoms with van der Waals surface area (Å²) in [7, 11) is 0. The number of nitrogens with one attached hydrogen (secondary N) is 2. The first kappa shape index (κ1) is 24.6. The summed E-state index contributed by atoms with van der Waals surface area (Å²) in [5, 5.41) is 14.6. The quantitative estimate of drug-likeness (QED) is 0.373. The van der Waals surface area contributed by atoms with Crippen LogP contribution in [0.4, 0.5) is 11.5 Å². The van der Waals surface area contributed by atoms with Gasteiger partial charge in [-0.05, 0) is 38.1 Å². The van der Waals surface area contributed by atoms with Crippen molar-refractivity contribution in [1.29, 1.82) is 0 Å². The second-order valence-corrected chi connectivity index (χ2v) is 9.05. The Balaban J connectivity index is 1.34. The van der Waals surface area contributed by atoms with E-state index in [1.165, 1.54) is 6.07 Å². The predicted octanol–water partition coefficient (Wildman–Crippen LogP) is 2.83. The minimum atomic E-state index is -0.422. The van der Waals surface area contributed by atoms with Gasteiger partial charge in [0, 0.05) is 38.3 Å². The van der Waals surface area contributed by atoms with Crippen molar-refractivity contribution in [2.24, 2.45) is 0 Å². The van der Waals surface area contributed by atoms with E-state index in [0.29, 0.717) is 60.3 Å². The zero-order valence-electron chi connectivity index (χ0n) is 20.8. The average Bonchev–Trinajstić information content (AvgIpc) is 3.40. The summed E-state index contributed by atoms with van der Waals surface area (Å²) in [5.74, 6) is 0.743. The van der Waals surface area contributed by atoms with Gasteiger partial charge < -0.3 is 24.4 Å². The molecule has 37 heavy (non-hydrogen) atoms. The summed E-state index contributed by atoms with van der Waals surface area (Å²) >= 11 is 0. The summed E-state index contributed by atoms with van der Waals surface area (Å²) in [6.45, 7) is 8.33. The highest BCUT2D eigenvalue weighted by Crippen LogP contribution is 2.26. The molecule has 0 bridgehead atoms. The van der Waals surface area contributed by atoms with Gasteiger partial charge in [0.05, 0.1) is 24.3 Å². The molecule has 1 aliphatic rings. The Kier molecular flexibility index (Phi) is 7.24. The molecule has 192 valence electrons. The number of pyridine rings is 1. The molecule has 11 nitrogen and oxygen atoms in total. The van der Waals surface area contributed by atoms with Crippen molar-refractivity contribution in [2.75, 3.05) is 44.7 Å². The maximum atomic E-state index is 13.1. The molecular formula is C26H29N7O4. The zero-order valence-corrected chi connectivity index (χ0v) is 20.8. The largest absolute Gasteiger partial charge is 0.451 e. The molecule has 11 heteroatoms. The van der Waals surface area contributed by atoms with Crippen LogP contribution in [0.3, 0.4) is 0 Å². The fourth-order valence-electron chi connectivity index (χ4n) is 4.24. The molecule has 4 heterocycles. The van der Waals surface area contributed by atoms with Crippen molar-refractivity contribution in [2.45, 2.75) is 19.9 Å². The van der Waals surface area contributed by atoms with Crippen LogP contribution in [-0.2, 0) is 4.74 Å². The SMILES string of the molecule is CC(C)n1cnnc1-c1cccc(Nc2cccc3oc(C(=O)NCCN4CCOCC4)cc(=O)c23)n1. The van der Waals surface area contributed by atoms with Crippen molar-refractivity contribution in [3.8, 4) is 11.5 Å². The van der Waals surface area contributed by atoms with E-state index in [9.17, 15) is 9.59 Å². The lowest BCUT2D eigenvalue weighted by Gasteiger charge is -2.26. The van der Waals surface area contributed by atoms with Crippen LogP contribution in [0.2, 0.25) is 0 Å². The van der Waals surface area contributed by atoms with E-state index < -0.39 is 5.91 Å². The first-order valence-electron chi connectivity index (χ1n) is 12.3. The molecule has 4 aromatic rings. The fraction of sp³-hybridized carbons (Fsp3) is 0.346. The molecule has 0 saturated carbocycles. The van der Waals surface area contributed by atoms with Gasteiger partial charge in [0.2, 0.25) is 0 Å². The van der Waals surface area contributed by atoms with E-state index >= 15 is 0 Å². The number of amides is 1. The highest BCUT2D eigenvalue weighted by molar-refractivity contribution is 5.96. The van der Waals surface area contributed by atoms with E-state index in [-0.39, 0.29) is 17.2 Å². The Bertz CT molecular complexity index is 1460. The Labute approximate surface area is 213 Å². The van der Waals surface area contributed by atoms with Crippen molar-refractivity contribution >= 4 is 28.4 Å². The molecule has 1 aliphatic heterocycles.